The van der Waals surface area contributed by atoms with Crippen LogP contribution in [0.2, 0.25) is 0 Å². The van der Waals surface area contributed by atoms with Crippen LogP contribution in [-0.4, -0.2) is 31.3 Å². The number of carbonyl (C=O) groups is 1. The molecule has 0 aliphatic heterocycles. The molecule has 0 aromatic rings. The molecule has 0 unspecified atom stereocenters. The number of hydrogen-bond acceptors (Lipinski definition) is 5. The molecule has 0 aliphatic carbocycles. The van der Waals surface area contributed by atoms with E-state index in [1.165, 1.54) is 0 Å². The standard InChI is InChI=1S/C8H16O5S.Na/c1-2-3-4-5-6-13-8(9)7-14(10,11)12;/h2-7H2,1H3,(H,10,11,12);/q;+1/p-1. The molecule has 0 fully saturated rings. The molecule has 0 heterocycles. The summed E-state index contributed by atoms with van der Waals surface area (Å²) in [5.74, 6) is -2.03. The molecular weight excluding hydrogens is 231 g/mol. The molecule has 0 bridgehead atoms. The number of hydrogen-bond donors (Lipinski definition) is 0. The number of unbranched alkanes of at least 4 members (excludes halogenated alkanes) is 3. The molecule has 0 aliphatic rings. The van der Waals surface area contributed by atoms with E-state index in [2.05, 4.69) is 11.7 Å². The summed E-state index contributed by atoms with van der Waals surface area (Å²) in [6.45, 7) is 2.24. The first-order valence-electron chi connectivity index (χ1n) is 4.55. The Hall–Kier alpha value is 0.380. The van der Waals surface area contributed by atoms with Gasteiger partial charge in [0.25, 0.3) is 0 Å². The van der Waals surface area contributed by atoms with Crippen molar-refractivity contribution in [2.75, 3.05) is 12.4 Å². The van der Waals surface area contributed by atoms with E-state index in [1.54, 1.807) is 0 Å². The summed E-state index contributed by atoms with van der Waals surface area (Å²) in [5, 5.41) is 0. The Kier molecular flexibility index (Phi) is 11.4. The van der Waals surface area contributed by atoms with Gasteiger partial charge in [-0.2, -0.15) is 0 Å². The van der Waals surface area contributed by atoms with Crippen molar-refractivity contribution in [3.8, 4) is 0 Å². The van der Waals surface area contributed by atoms with Crippen LogP contribution in [0.4, 0.5) is 0 Å². The van der Waals surface area contributed by atoms with Crippen molar-refractivity contribution < 1.29 is 52.1 Å². The van der Waals surface area contributed by atoms with E-state index < -0.39 is 21.8 Å². The maximum Gasteiger partial charge on any atom is 1.00 e. The van der Waals surface area contributed by atoms with E-state index in [1.807, 2.05) is 0 Å². The van der Waals surface area contributed by atoms with Crippen molar-refractivity contribution in [2.24, 2.45) is 0 Å². The molecule has 5 nitrogen and oxygen atoms in total. The second-order valence-electron chi connectivity index (χ2n) is 2.98. The van der Waals surface area contributed by atoms with Gasteiger partial charge in [0.15, 0.2) is 0 Å². The Morgan fingerprint density at radius 1 is 1.27 bits per heavy atom. The molecule has 0 spiro atoms. The summed E-state index contributed by atoms with van der Waals surface area (Å²) >= 11 is 0. The molecule has 0 aromatic carbocycles. The fourth-order valence-corrected chi connectivity index (χ4v) is 1.27. The topological polar surface area (TPSA) is 83.5 Å². The third kappa shape index (κ3) is 14.4. The maximum absolute atomic E-state index is 10.7. The molecule has 15 heavy (non-hydrogen) atoms. The number of carbonyl (C=O) groups excluding carboxylic acids is 1. The van der Waals surface area contributed by atoms with Crippen LogP contribution in [0.25, 0.3) is 0 Å². The summed E-state index contributed by atoms with van der Waals surface area (Å²) < 4.78 is 34.9. The van der Waals surface area contributed by atoms with Crippen molar-refractivity contribution in [2.45, 2.75) is 32.6 Å². The largest absolute Gasteiger partial charge is 1.00 e. The molecule has 0 atom stereocenters. The van der Waals surface area contributed by atoms with E-state index >= 15 is 0 Å². The minimum absolute atomic E-state index is 0. The second kappa shape index (κ2) is 9.59. The van der Waals surface area contributed by atoms with Gasteiger partial charge in [-0.3, -0.25) is 4.79 Å². The van der Waals surface area contributed by atoms with E-state index in [9.17, 15) is 17.8 Å². The molecule has 0 radical (unpaired) electrons. The van der Waals surface area contributed by atoms with Gasteiger partial charge in [-0.05, 0) is 6.42 Å². The van der Waals surface area contributed by atoms with Gasteiger partial charge >= 0.3 is 35.5 Å². The quantitative estimate of drug-likeness (QED) is 0.217. The van der Waals surface area contributed by atoms with Crippen molar-refractivity contribution in [3.05, 3.63) is 0 Å². The average Bonchev–Trinajstić information content (AvgIpc) is 2.00. The van der Waals surface area contributed by atoms with Crippen LogP contribution < -0.4 is 29.6 Å². The predicted octanol–water partition coefficient (Wildman–Crippen LogP) is -2.34. The monoisotopic (exact) mass is 246 g/mol. The zero-order valence-corrected chi connectivity index (χ0v) is 12.0. The fraction of sp³-hybridized carbons (Fsp3) is 0.875. The van der Waals surface area contributed by atoms with Crippen molar-refractivity contribution in [3.63, 3.8) is 0 Å². The molecule has 0 saturated heterocycles. The summed E-state index contributed by atoms with van der Waals surface area (Å²) in [5.41, 5.74) is 0. The summed E-state index contributed by atoms with van der Waals surface area (Å²) in [7, 11) is -4.50. The fourth-order valence-electron chi connectivity index (χ4n) is 0.901. The summed E-state index contributed by atoms with van der Waals surface area (Å²) in [6, 6.07) is 0. The van der Waals surface area contributed by atoms with Crippen LogP contribution >= 0.6 is 0 Å². The first-order chi connectivity index (χ1) is 6.45. The first kappa shape index (κ1) is 17.8. The molecule has 0 aromatic heterocycles. The van der Waals surface area contributed by atoms with Crippen LogP contribution in [0.1, 0.15) is 32.6 Å². The average molecular weight is 246 g/mol. The second-order valence-corrected chi connectivity index (χ2v) is 4.39. The summed E-state index contributed by atoms with van der Waals surface area (Å²) in [4.78, 5) is 10.7. The van der Waals surface area contributed by atoms with Crippen LogP contribution in [0.5, 0.6) is 0 Å². The Bertz CT molecular complexity index is 262. The van der Waals surface area contributed by atoms with Gasteiger partial charge in [0.1, 0.15) is 15.9 Å². The Morgan fingerprint density at radius 3 is 2.33 bits per heavy atom. The normalized spacial score (nSPS) is 10.5. The third-order valence-electron chi connectivity index (χ3n) is 1.56. The van der Waals surface area contributed by atoms with Crippen LogP contribution in [0, 0.1) is 0 Å². The smallest absolute Gasteiger partial charge is 0.748 e. The van der Waals surface area contributed by atoms with Crippen LogP contribution in [0.15, 0.2) is 0 Å². The van der Waals surface area contributed by atoms with Gasteiger partial charge in [-0.15, -0.1) is 0 Å². The molecule has 0 N–H and O–H groups in total. The molecule has 7 heteroatoms. The zero-order chi connectivity index (χ0) is 11.0. The van der Waals surface area contributed by atoms with Gasteiger partial charge in [0.05, 0.1) is 6.61 Å². The molecule has 84 valence electrons. The van der Waals surface area contributed by atoms with E-state index in [0.29, 0.717) is 6.42 Å². The molecular formula is C8H15NaO5S. The van der Waals surface area contributed by atoms with Crippen molar-refractivity contribution in [1.82, 2.24) is 0 Å². The van der Waals surface area contributed by atoms with Gasteiger partial charge in [-0.25, -0.2) is 8.42 Å². The Morgan fingerprint density at radius 2 is 1.87 bits per heavy atom. The van der Waals surface area contributed by atoms with Crippen LogP contribution in [0.3, 0.4) is 0 Å². The van der Waals surface area contributed by atoms with Gasteiger partial charge in [-0.1, -0.05) is 26.2 Å². The minimum atomic E-state index is -4.50. The van der Waals surface area contributed by atoms with E-state index in [4.69, 9.17) is 0 Å². The van der Waals surface area contributed by atoms with Crippen molar-refractivity contribution in [1.29, 1.82) is 0 Å². The summed E-state index contributed by atoms with van der Waals surface area (Å²) in [6.07, 6.45) is 3.77. The maximum atomic E-state index is 10.7. The molecule has 0 saturated carbocycles. The number of esters is 1. The van der Waals surface area contributed by atoms with Gasteiger partial charge in [0.2, 0.25) is 0 Å². The van der Waals surface area contributed by atoms with Gasteiger partial charge in [0, 0.05) is 0 Å². The van der Waals surface area contributed by atoms with Crippen molar-refractivity contribution >= 4 is 16.1 Å². The Balaban J connectivity index is 0. The van der Waals surface area contributed by atoms with Gasteiger partial charge < -0.3 is 9.29 Å². The number of rotatable bonds is 7. The third-order valence-corrected chi connectivity index (χ3v) is 2.14. The predicted molar refractivity (Wildman–Crippen MR) is 49.7 cm³/mol. The Labute approximate surface area is 113 Å². The molecule has 0 amide bonds. The number of ether oxygens (including phenoxy) is 1. The molecule has 0 rings (SSSR count). The van der Waals surface area contributed by atoms with Crippen LogP contribution in [-0.2, 0) is 19.6 Å². The van der Waals surface area contributed by atoms with E-state index in [0.717, 1.165) is 19.3 Å². The SMILES string of the molecule is CCCCCCOC(=O)CS(=O)(=O)[O-].[Na+]. The zero-order valence-electron chi connectivity index (χ0n) is 9.19. The minimum Gasteiger partial charge on any atom is -0.748 e. The first-order valence-corrected chi connectivity index (χ1v) is 6.12. The van der Waals surface area contributed by atoms with E-state index in [-0.39, 0.29) is 36.2 Å².